The number of carboxylic acid groups (broad SMARTS) is 1. The summed E-state index contributed by atoms with van der Waals surface area (Å²) in [6.45, 7) is 11.2. The zero-order chi connectivity index (χ0) is 18.2. The maximum absolute atomic E-state index is 12.1. The van der Waals surface area contributed by atoms with Crippen molar-refractivity contribution in [3.05, 3.63) is 0 Å². The average molecular weight is 339 g/mol. The van der Waals surface area contributed by atoms with Crippen molar-refractivity contribution in [3.63, 3.8) is 0 Å². The van der Waals surface area contributed by atoms with E-state index in [4.69, 9.17) is 4.74 Å². The Labute approximate surface area is 148 Å². The van der Waals surface area contributed by atoms with Crippen molar-refractivity contribution >= 4 is 5.97 Å². The van der Waals surface area contributed by atoms with Crippen molar-refractivity contribution in [2.24, 2.45) is 28.6 Å². The van der Waals surface area contributed by atoms with E-state index in [9.17, 15) is 9.90 Å². The topological polar surface area (TPSA) is 46.5 Å². The summed E-state index contributed by atoms with van der Waals surface area (Å²) in [7, 11) is 1.85. The van der Waals surface area contributed by atoms with Gasteiger partial charge in [0.05, 0.1) is 11.0 Å². The monoisotopic (exact) mass is 338 g/mol. The molecule has 0 bridgehead atoms. The number of rotatable bonds is 6. The van der Waals surface area contributed by atoms with Crippen LogP contribution in [0.3, 0.4) is 0 Å². The van der Waals surface area contributed by atoms with Crippen molar-refractivity contribution in [3.8, 4) is 0 Å². The first-order valence-electron chi connectivity index (χ1n) is 9.92. The lowest BCUT2D eigenvalue weighted by molar-refractivity contribution is -0.198. The van der Waals surface area contributed by atoms with E-state index in [0.717, 1.165) is 44.4 Å². The van der Waals surface area contributed by atoms with Gasteiger partial charge in [0.1, 0.15) is 0 Å². The summed E-state index contributed by atoms with van der Waals surface area (Å²) in [6.07, 6.45) is 8.53. The summed E-state index contributed by atoms with van der Waals surface area (Å²) in [5.74, 6) is 0.841. The van der Waals surface area contributed by atoms with Gasteiger partial charge in [-0.05, 0) is 69.1 Å². The number of hydrogen-bond acceptors (Lipinski definition) is 2. The zero-order valence-electron chi connectivity index (χ0n) is 16.7. The molecule has 3 nitrogen and oxygen atoms in total. The molecule has 0 aromatic rings. The molecule has 24 heavy (non-hydrogen) atoms. The van der Waals surface area contributed by atoms with Gasteiger partial charge in [-0.2, -0.15) is 0 Å². The third-order valence-electron chi connectivity index (χ3n) is 8.04. The van der Waals surface area contributed by atoms with Crippen LogP contribution >= 0.6 is 0 Å². The third kappa shape index (κ3) is 3.13. The molecule has 1 N–H and O–H groups in total. The van der Waals surface area contributed by atoms with Gasteiger partial charge in [0.25, 0.3) is 0 Å². The van der Waals surface area contributed by atoms with Crippen LogP contribution in [0.1, 0.15) is 86.0 Å². The van der Waals surface area contributed by atoms with Crippen LogP contribution in [0, 0.1) is 28.6 Å². The summed E-state index contributed by atoms with van der Waals surface area (Å²) in [4.78, 5) is 12.1. The molecule has 6 atom stereocenters. The first kappa shape index (κ1) is 19.8. The van der Waals surface area contributed by atoms with Gasteiger partial charge >= 0.3 is 5.97 Å². The van der Waals surface area contributed by atoms with Gasteiger partial charge in [-0.25, -0.2) is 0 Å². The standard InChI is InChI=1S/C21H38O3/c1-7-15(2)9-10-17-19(3)12-8-13-20(4,18(22)23)16(19)11-14-21(17,5)24-6/h15-17H,7-14H2,1-6H3,(H,22,23)/t15-,16-,17-,19+,20-,21-/m1/s1. The molecule has 0 aromatic heterocycles. The Kier molecular flexibility index (Phi) is 5.74. The molecular formula is C21H38O3. The van der Waals surface area contributed by atoms with E-state index in [0.29, 0.717) is 5.92 Å². The molecule has 2 aliphatic rings. The number of methoxy groups -OCH3 is 1. The molecule has 0 amide bonds. The Hall–Kier alpha value is -0.570. The highest BCUT2D eigenvalue weighted by molar-refractivity contribution is 5.75. The summed E-state index contributed by atoms with van der Waals surface area (Å²) in [6, 6.07) is 0. The van der Waals surface area contributed by atoms with Gasteiger partial charge in [-0.15, -0.1) is 0 Å². The highest BCUT2D eigenvalue weighted by atomic mass is 16.5. The number of ether oxygens (including phenoxy) is 1. The van der Waals surface area contributed by atoms with E-state index in [1.807, 2.05) is 14.0 Å². The lowest BCUT2D eigenvalue weighted by atomic mass is 9.44. The molecule has 0 aliphatic heterocycles. The van der Waals surface area contributed by atoms with Crippen LogP contribution in [0.2, 0.25) is 0 Å². The minimum Gasteiger partial charge on any atom is -0.481 e. The van der Waals surface area contributed by atoms with E-state index in [2.05, 4.69) is 27.7 Å². The zero-order valence-corrected chi connectivity index (χ0v) is 16.7. The molecule has 2 saturated carbocycles. The predicted octanol–water partition coefficient (Wildman–Crippen LogP) is 5.53. The maximum atomic E-state index is 12.1. The molecule has 0 aromatic carbocycles. The van der Waals surface area contributed by atoms with E-state index < -0.39 is 11.4 Å². The van der Waals surface area contributed by atoms with Gasteiger partial charge in [-0.3, -0.25) is 4.79 Å². The second kappa shape index (κ2) is 6.97. The highest BCUT2D eigenvalue weighted by Gasteiger charge is 2.61. The van der Waals surface area contributed by atoms with Crippen LogP contribution in [-0.4, -0.2) is 23.8 Å². The largest absolute Gasteiger partial charge is 0.481 e. The smallest absolute Gasteiger partial charge is 0.309 e. The molecule has 2 rings (SSSR count). The SMILES string of the molecule is CC[C@@H](C)CC[C@@H]1[C@@]2(C)CCC[C@@](C)(C(=O)O)[C@@H]2CC[C@@]1(C)OC. The lowest BCUT2D eigenvalue weighted by Crippen LogP contribution is -2.60. The minimum atomic E-state index is -0.597. The van der Waals surface area contributed by atoms with Gasteiger partial charge in [0.2, 0.25) is 0 Å². The first-order chi connectivity index (χ1) is 11.1. The second-order valence-corrected chi connectivity index (χ2v) is 9.33. The molecule has 0 heterocycles. The molecule has 2 fully saturated rings. The number of aliphatic carboxylic acids is 1. The van der Waals surface area contributed by atoms with Crippen LogP contribution in [0.4, 0.5) is 0 Å². The van der Waals surface area contributed by atoms with Gasteiger partial charge < -0.3 is 9.84 Å². The normalized spacial score (nSPS) is 43.9. The Balaban J connectivity index is 2.36. The van der Waals surface area contributed by atoms with Crippen molar-refractivity contribution in [2.75, 3.05) is 7.11 Å². The number of carbonyl (C=O) groups is 1. The fourth-order valence-corrected chi connectivity index (χ4v) is 6.07. The Morgan fingerprint density at radius 1 is 1.25 bits per heavy atom. The molecular weight excluding hydrogens is 300 g/mol. The quantitative estimate of drug-likeness (QED) is 0.693. The van der Waals surface area contributed by atoms with Crippen molar-refractivity contribution in [1.29, 1.82) is 0 Å². The van der Waals surface area contributed by atoms with E-state index in [1.165, 1.54) is 12.8 Å². The van der Waals surface area contributed by atoms with Crippen LogP contribution in [0.25, 0.3) is 0 Å². The summed E-state index contributed by atoms with van der Waals surface area (Å²) < 4.78 is 6.05. The minimum absolute atomic E-state index is 0.0713. The van der Waals surface area contributed by atoms with Crippen LogP contribution in [0.15, 0.2) is 0 Å². The van der Waals surface area contributed by atoms with E-state index in [1.54, 1.807) is 0 Å². The van der Waals surface area contributed by atoms with E-state index >= 15 is 0 Å². The predicted molar refractivity (Wildman–Crippen MR) is 98.0 cm³/mol. The first-order valence-corrected chi connectivity index (χ1v) is 9.92. The molecule has 3 heteroatoms. The van der Waals surface area contributed by atoms with Crippen molar-refractivity contribution in [2.45, 2.75) is 91.6 Å². The van der Waals surface area contributed by atoms with Gasteiger partial charge in [0.15, 0.2) is 0 Å². The van der Waals surface area contributed by atoms with Crippen LogP contribution < -0.4 is 0 Å². The second-order valence-electron chi connectivity index (χ2n) is 9.33. The highest BCUT2D eigenvalue weighted by Crippen LogP contribution is 2.63. The molecule has 0 radical (unpaired) electrons. The van der Waals surface area contributed by atoms with E-state index in [-0.39, 0.29) is 16.9 Å². The average Bonchev–Trinajstić information content (AvgIpc) is 2.53. The van der Waals surface area contributed by atoms with Crippen molar-refractivity contribution < 1.29 is 14.6 Å². The molecule has 140 valence electrons. The molecule has 0 spiro atoms. The van der Waals surface area contributed by atoms with Crippen LogP contribution in [0.5, 0.6) is 0 Å². The summed E-state index contributed by atoms with van der Waals surface area (Å²) >= 11 is 0. The number of fused-ring (bicyclic) bond motifs is 1. The molecule has 2 aliphatic carbocycles. The Bertz CT molecular complexity index is 462. The van der Waals surface area contributed by atoms with Crippen LogP contribution in [-0.2, 0) is 9.53 Å². The number of hydrogen-bond donors (Lipinski definition) is 1. The molecule has 0 unspecified atom stereocenters. The van der Waals surface area contributed by atoms with Gasteiger partial charge in [0, 0.05) is 7.11 Å². The maximum Gasteiger partial charge on any atom is 0.309 e. The number of carboxylic acids is 1. The fraction of sp³-hybridized carbons (Fsp3) is 0.952. The summed E-state index contributed by atoms with van der Waals surface area (Å²) in [5, 5.41) is 9.95. The summed E-state index contributed by atoms with van der Waals surface area (Å²) in [5.41, 5.74) is -0.617. The Morgan fingerprint density at radius 3 is 2.46 bits per heavy atom. The van der Waals surface area contributed by atoms with Crippen molar-refractivity contribution in [1.82, 2.24) is 0 Å². The molecule has 0 saturated heterocycles. The van der Waals surface area contributed by atoms with Gasteiger partial charge in [-0.1, -0.05) is 40.0 Å². The Morgan fingerprint density at radius 2 is 1.92 bits per heavy atom. The fourth-order valence-electron chi connectivity index (χ4n) is 6.07. The third-order valence-corrected chi connectivity index (χ3v) is 8.04. The lowest BCUT2D eigenvalue weighted by Gasteiger charge is -2.61.